The number of hydrogen-bond donors (Lipinski definition) is 3. The minimum atomic E-state index is -1.20. The Morgan fingerprint density at radius 3 is 2.95 bits per heavy atom. The van der Waals surface area contributed by atoms with Crippen molar-refractivity contribution in [2.75, 3.05) is 19.8 Å². The van der Waals surface area contributed by atoms with Gasteiger partial charge in [0.2, 0.25) is 5.91 Å². The largest absolute Gasteiger partial charge is 0.489 e. The molecule has 1 aliphatic rings. The minimum absolute atomic E-state index is 0.0847. The van der Waals surface area contributed by atoms with Gasteiger partial charge in [-0.05, 0) is 17.7 Å². The van der Waals surface area contributed by atoms with Crippen LogP contribution in [0.5, 0.6) is 11.5 Å². The first-order chi connectivity index (χ1) is 9.58. The SMILES string of the molecule is NC(=O)C(O)CNCc1cc(Cl)c2c(c1)OCCCO2. The molecule has 0 aromatic heterocycles. The predicted molar refractivity (Wildman–Crippen MR) is 74.0 cm³/mol. The average molecular weight is 301 g/mol. The molecule has 110 valence electrons. The Morgan fingerprint density at radius 2 is 2.20 bits per heavy atom. The van der Waals surface area contributed by atoms with E-state index in [0.29, 0.717) is 36.3 Å². The Morgan fingerprint density at radius 1 is 1.45 bits per heavy atom. The van der Waals surface area contributed by atoms with Gasteiger partial charge < -0.3 is 25.6 Å². The number of hydrogen-bond acceptors (Lipinski definition) is 5. The maximum atomic E-state index is 10.7. The van der Waals surface area contributed by atoms with E-state index >= 15 is 0 Å². The third kappa shape index (κ3) is 3.75. The summed E-state index contributed by atoms with van der Waals surface area (Å²) in [6.45, 7) is 1.68. The van der Waals surface area contributed by atoms with Gasteiger partial charge in [0.15, 0.2) is 11.5 Å². The number of carbonyl (C=O) groups is 1. The highest BCUT2D eigenvalue weighted by Crippen LogP contribution is 2.37. The van der Waals surface area contributed by atoms with E-state index in [1.165, 1.54) is 0 Å². The van der Waals surface area contributed by atoms with Crippen LogP contribution < -0.4 is 20.5 Å². The van der Waals surface area contributed by atoms with Gasteiger partial charge in [-0.25, -0.2) is 0 Å². The molecule has 0 bridgehead atoms. The van der Waals surface area contributed by atoms with Gasteiger partial charge in [-0.3, -0.25) is 4.79 Å². The Bertz CT molecular complexity index is 496. The first-order valence-electron chi connectivity index (χ1n) is 6.34. The summed E-state index contributed by atoms with van der Waals surface area (Å²) in [7, 11) is 0. The lowest BCUT2D eigenvalue weighted by molar-refractivity contribution is -0.125. The number of nitrogens with two attached hydrogens (primary N) is 1. The zero-order valence-corrected chi connectivity index (χ0v) is 11.7. The zero-order valence-electron chi connectivity index (χ0n) is 10.9. The molecular weight excluding hydrogens is 284 g/mol. The van der Waals surface area contributed by atoms with Crippen LogP contribution in [0.1, 0.15) is 12.0 Å². The summed E-state index contributed by atoms with van der Waals surface area (Å²) >= 11 is 6.16. The van der Waals surface area contributed by atoms with Crippen molar-refractivity contribution in [3.63, 3.8) is 0 Å². The molecule has 0 saturated carbocycles. The van der Waals surface area contributed by atoms with Crippen LogP contribution in [0.15, 0.2) is 12.1 Å². The molecule has 6 nitrogen and oxygen atoms in total. The number of aliphatic hydroxyl groups is 1. The third-order valence-corrected chi connectivity index (χ3v) is 3.14. The van der Waals surface area contributed by atoms with E-state index in [9.17, 15) is 9.90 Å². The smallest absolute Gasteiger partial charge is 0.247 e. The molecule has 1 amide bonds. The summed E-state index contributed by atoms with van der Waals surface area (Å²) in [6.07, 6.45) is -0.394. The van der Waals surface area contributed by atoms with Gasteiger partial charge >= 0.3 is 0 Å². The Hall–Kier alpha value is -1.50. The molecule has 0 aliphatic carbocycles. The van der Waals surface area contributed by atoms with E-state index in [-0.39, 0.29) is 6.54 Å². The maximum absolute atomic E-state index is 10.7. The lowest BCUT2D eigenvalue weighted by atomic mass is 10.2. The highest BCUT2D eigenvalue weighted by atomic mass is 35.5. The zero-order chi connectivity index (χ0) is 14.5. The van der Waals surface area contributed by atoms with Crippen LogP contribution in [0.3, 0.4) is 0 Å². The number of rotatable bonds is 5. The quantitative estimate of drug-likeness (QED) is 0.733. The fraction of sp³-hybridized carbons (Fsp3) is 0.462. The predicted octanol–water partition coefficient (Wildman–Crippen LogP) is 0.437. The molecule has 1 heterocycles. The molecule has 1 aromatic rings. The van der Waals surface area contributed by atoms with E-state index in [4.69, 9.17) is 26.8 Å². The minimum Gasteiger partial charge on any atom is -0.489 e. The number of aliphatic hydroxyl groups excluding tert-OH is 1. The molecule has 20 heavy (non-hydrogen) atoms. The molecule has 0 spiro atoms. The Kier molecular flexibility index (Phi) is 5.05. The molecule has 7 heteroatoms. The van der Waals surface area contributed by atoms with E-state index in [1.54, 1.807) is 6.07 Å². The van der Waals surface area contributed by atoms with E-state index < -0.39 is 12.0 Å². The molecule has 1 aromatic carbocycles. The number of halogens is 1. The number of nitrogens with one attached hydrogen (secondary N) is 1. The number of amides is 1. The molecular formula is C13H17ClN2O4. The molecule has 2 rings (SSSR count). The van der Waals surface area contributed by atoms with Gasteiger partial charge in [-0.15, -0.1) is 0 Å². The van der Waals surface area contributed by atoms with Crippen LogP contribution in [-0.4, -0.2) is 36.9 Å². The van der Waals surface area contributed by atoms with Gasteiger partial charge in [0.1, 0.15) is 6.10 Å². The molecule has 1 atom stereocenters. The molecule has 4 N–H and O–H groups in total. The normalized spacial score (nSPS) is 15.5. The summed E-state index contributed by atoms with van der Waals surface area (Å²) in [5, 5.41) is 12.7. The monoisotopic (exact) mass is 300 g/mol. The lowest BCUT2D eigenvalue weighted by Gasteiger charge is -2.13. The van der Waals surface area contributed by atoms with Crippen molar-refractivity contribution in [3.8, 4) is 11.5 Å². The van der Waals surface area contributed by atoms with Crippen molar-refractivity contribution >= 4 is 17.5 Å². The summed E-state index contributed by atoms with van der Waals surface area (Å²) in [5.41, 5.74) is 5.83. The summed E-state index contributed by atoms with van der Waals surface area (Å²) < 4.78 is 11.1. The Balaban J connectivity index is 2.01. The van der Waals surface area contributed by atoms with Crippen LogP contribution >= 0.6 is 11.6 Å². The van der Waals surface area contributed by atoms with Crippen LogP contribution in [0.2, 0.25) is 5.02 Å². The van der Waals surface area contributed by atoms with E-state index in [0.717, 1.165) is 12.0 Å². The van der Waals surface area contributed by atoms with Gasteiger partial charge in [0, 0.05) is 19.5 Å². The van der Waals surface area contributed by atoms with Crippen molar-refractivity contribution < 1.29 is 19.4 Å². The van der Waals surface area contributed by atoms with Gasteiger partial charge in [0.25, 0.3) is 0 Å². The molecule has 1 unspecified atom stereocenters. The highest BCUT2D eigenvalue weighted by Gasteiger charge is 2.16. The van der Waals surface area contributed by atoms with Crippen molar-refractivity contribution in [2.24, 2.45) is 5.73 Å². The number of primary amides is 1. The van der Waals surface area contributed by atoms with Crippen LogP contribution in [-0.2, 0) is 11.3 Å². The highest BCUT2D eigenvalue weighted by molar-refractivity contribution is 6.32. The Labute approximate surface area is 121 Å². The number of ether oxygens (including phenoxy) is 2. The van der Waals surface area contributed by atoms with E-state index in [1.807, 2.05) is 6.07 Å². The first kappa shape index (κ1) is 14.9. The molecule has 0 fully saturated rings. The van der Waals surface area contributed by atoms with Gasteiger partial charge in [-0.1, -0.05) is 11.6 Å². The molecule has 0 radical (unpaired) electrons. The second kappa shape index (κ2) is 6.78. The van der Waals surface area contributed by atoms with E-state index in [2.05, 4.69) is 5.32 Å². The first-order valence-corrected chi connectivity index (χ1v) is 6.72. The maximum Gasteiger partial charge on any atom is 0.247 e. The van der Waals surface area contributed by atoms with Crippen molar-refractivity contribution in [1.29, 1.82) is 0 Å². The lowest BCUT2D eigenvalue weighted by Crippen LogP contribution is -2.37. The summed E-state index contributed by atoms with van der Waals surface area (Å²) in [4.78, 5) is 10.7. The van der Waals surface area contributed by atoms with Gasteiger partial charge in [0.05, 0.1) is 18.2 Å². The fourth-order valence-electron chi connectivity index (χ4n) is 1.84. The number of carbonyl (C=O) groups excluding carboxylic acids is 1. The topological polar surface area (TPSA) is 93.8 Å². The van der Waals surface area contributed by atoms with Crippen LogP contribution in [0.25, 0.3) is 0 Å². The second-order valence-electron chi connectivity index (χ2n) is 4.50. The van der Waals surface area contributed by atoms with Crippen molar-refractivity contribution in [1.82, 2.24) is 5.32 Å². The molecule has 0 saturated heterocycles. The van der Waals surface area contributed by atoms with Crippen LogP contribution in [0.4, 0.5) is 0 Å². The third-order valence-electron chi connectivity index (χ3n) is 2.86. The average Bonchev–Trinajstić information content (AvgIpc) is 2.64. The molecule has 1 aliphatic heterocycles. The van der Waals surface area contributed by atoms with Crippen LogP contribution in [0, 0.1) is 0 Å². The van der Waals surface area contributed by atoms with Crippen molar-refractivity contribution in [3.05, 3.63) is 22.7 Å². The second-order valence-corrected chi connectivity index (χ2v) is 4.91. The summed E-state index contributed by atoms with van der Waals surface area (Å²) in [5.74, 6) is 0.418. The summed E-state index contributed by atoms with van der Waals surface area (Å²) in [6, 6.07) is 3.59. The number of fused-ring (bicyclic) bond motifs is 1. The fourth-order valence-corrected chi connectivity index (χ4v) is 2.13. The standard InChI is InChI=1S/C13H17ClN2O4/c14-9-4-8(6-16-7-10(17)13(15)18)5-11-12(9)20-3-1-2-19-11/h4-5,10,16-17H,1-3,6-7H2,(H2,15,18). The number of benzene rings is 1. The van der Waals surface area contributed by atoms with Crippen molar-refractivity contribution in [2.45, 2.75) is 19.1 Å². The van der Waals surface area contributed by atoms with Gasteiger partial charge in [-0.2, -0.15) is 0 Å².